The molecule has 2 rings (SSSR count). The first-order valence-electron chi connectivity index (χ1n) is 6.22. The van der Waals surface area contributed by atoms with Crippen LogP contribution in [0.2, 0.25) is 0 Å². The fourth-order valence-electron chi connectivity index (χ4n) is 1.88. The van der Waals surface area contributed by atoms with E-state index in [1.807, 2.05) is 24.3 Å². The lowest BCUT2D eigenvalue weighted by atomic mass is 10.1. The van der Waals surface area contributed by atoms with Gasteiger partial charge >= 0.3 is 0 Å². The Morgan fingerprint density at radius 3 is 2.45 bits per heavy atom. The Balaban J connectivity index is 2.12. The minimum atomic E-state index is -0.0485. The van der Waals surface area contributed by atoms with Gasteiger partial charge in [-0.3, -0.25) is 4.79 Å². The number of likely N-dealkylation sites (N-methyl/N-ethyl adjacent to an activating group) is 1. The molecule has 2 aromatic carbocycles. The molecule has 1 amide bonds. The van der Waals surface area contributed by atoms with Crippen LogP contribution in [0.4, 0.5) is 11.4 Å². The van der Waals surface area contributed by atoms with Crippen molar-refractivity contribution in [3.8, 4) is 6.07 Å². The number of carbonyl (C=O) groups excluding carboxylic acids is 1. The summed E-state index contributed by atoms with van der Waals surface area (Å²) < 4.78 is 0. The molecule has 2 N–H and O–H groups in total. The molecule has 0 bridgehead atoms. The maximum atomic E-state index is 12.2. The van der Waals surface area contributed by atoms with Gasteiger partial charge in [0.1, 0.15) is 0 Å². The molecule has 0 aliphatic carbocycles. The van der Waals surface area contributed by atoms with Gasteiger partial charge in [0, 0.05) is 18.4 Å². The number of nitrogens with zero attached hydrogens (tertiary/aromatic N) is 2. The van der Waals surface area contributed by atoms with Gasteiger partial charge in [-0.2, -0.15) is 5.26 Å². The molecule has 0 aliphatic heterocycles. The van der Waals surface area contributed by atoms with Crippen molar-refractivity contribution in [1.29, 1.82) is 5.26 Å². The van der Waals surface area contributed by atoms with Gasteiger partial charge in [-0.05, 0) is 35.9 Å². The molecule has 0 saturated heterocycles. The standard InChI is InChI=1S/C16H15N3O/c1-19(14-8-6-12(11-17)7-9-14)16(20)10-13-4-2-3-5-15(13)18/h2-9H,10,18H2,1H3. The third kappa shape index (κ3) is 2.96. The van der Waals surface area contributed by atoms with E-state index >= 15 is 0 Å². The maximum Gasteiger partial charge on any atom is 0.231 e. The van der Waals surface area contributed by atoms with Crippen molar-refractivity contribution < 1.29 is 4.79 Å². The maximum absolute atomic E-state index is 12.2. The normalized spacial score (nSPS) is 9.80. The highest BCUT2D eigenvalue weighted by atomic mass is 16.2. The van der Waals surface area contributed by atoms with Crippen LogP contribution < -0.4 is 10.6 Å². The van der Waals surface area contributed by atoms with Crippen LogP contribution in [0.15, 0.2) is 48.5 Å². The third-order valence-corrected chi connectivity index (χ3v) is 3.15. The molecule has 20 heavy (non-hydrogen) atoms. The van der Waals surface area contributed by atoms with Gasteiger partial charge < -0.3 is 10.6 Å². The largest absolute Gasteiger partial charge is 0.398 e. The second-order valence-corrected chi connectivity index (χ2v) is 4.49. The summed E-state index contributed by atoms with van der Waals surface area (Å²) in [4.78, 5) is 13.8. The molecular weight excluding hydrogens is 250 g/mol. The first-order valence-corrected chi connectivity index (χ1v) is 6.22. The van der Waals surface area contributed by atoms with Crippen LogP contribution in [0.25, 0.3) is 0 Å². The highest BCUT2D eigenvalue weighted by molar-refractivity contribution is 5.94. The lowest BCUT2D eigenvalue weighted by Gasteiger charge is -2.18. The number of benzene rings is 2. The first-order chi connectivity index (χ1) is 9.61. The van der Waals surface area contributed by atoms with E-state index in [2.05, 4.69) is 0 Å². The van der Waals surface area contributed by atoms with Crippen molar-refractivity contribution in [2.75, 3.05) is 17.7 Å². The summed E-state index contributed by atoms with van der Waals surface area (Å²) in [5.74, 6) is -0.0485. The molecule has 100 valence electrons. The van der Waals surface area contributed by atoms with E-state index in [9.17, 15) is 4.79 Å². The second-order valence-electron chi connectivity index (χ2n) is 4.49. The molecule has 0 fully saturated rings. The quantitative estimate of drug-likeness (QED) is 0.866. The van der Waals surface area contributed by atoms with Gasteiger partial charge in [0.05, 0.1) is 18.1 Å². The first kappa shape index (κ1) is 13.6. The number of hydrogen-bond acceptors (Lipinski definition) is 3. The molecule has 0 saturated carbocycles. The van der Waals surface area contributed by atoms with Gasteiger partial charge in [0.25, 0.3) is 0 Å². The number of para-hydroxylation sites is 1. The van der Waals surface area contributed by atoms with E-state index < -0.39 is 0 Å². The average Bonchev–Trinajstić information content (AvgIpc) is 2.49. The Hall–Kier alpha value is -2.80. The number of nitriles is 1. The van der Waals surface area contributed by atoms with Crippen molar-refractivity contribution in [2.45, 2.75) is 6.42 Å². The SMILES string of the molecule is CN(C(=O)Cc1ccccc1N)c1ccc(C#N)cc1. The van der Waals surface area contributed by atoms with Crippen LogP contribution in [0, 0.1) is 11.3 Å². The molecule has 4 heteroatoms. The Morgan fingerprint density at radius 2 is 1.85 bits per heavy atom. The van der Waals surface area contributed by atoms with E-state index in [1.165, 1.54) is 0 Å². The van der Waals surface area contributed by atoms with E-state index in [0.717, 1.165) is 11.3 Å². The minimum absolute atomic E-state index is 0.0485. The fraction of sp³-hybridized carbons (Fsp3) is 0.125. The summed E-state index contributed by atoms with van der Waals surface area (Å²) in [5.41, 5.74) is 8.60. The van der Waals surface area contributed by atoms with Crippen molar-refractivity contribution in [2.24, 2.45) is 0 Å². The smallest absolute Gasteiger partial charge is 0.231 e. The molecule has 0 atom stereocenters. The number of hydrogen-bond donors (Lipinski definition) is 1. The third-order valence-electron chi connectivity index (χ3n) is 3.15. The molecular formula is C16H15N3O. The van der Waals surface area contributed by atoms with Gasteiger partial charge in [-0.25, -0.2) is 0 Å². The minimum Gasteiger partial charge on any atom is -0.398 e. The zero-order chi connectivity index (χ0) is 14.5. The Bertz CT molecular complexity index is 656. The lowest BCUT2D eigenvalue weighted by Crippen LogP contribution is -2.28. The van der Waals surface area contributed by atoms with E-state index in [0.29, 0.717) is 11.3 Å². The summed E-state index contributed by atoms with van der Waals surface area (Å²) in [6, 6.07) is 16.3. The van der Waals surface area contributed by atoms with Gasteiger partial charge in [-0.1, -0.05) is 18.2 Å². The zero-order valence-electron chi connectivity index (χ0n) is 11.2. The number of nitrogen functional groups attached to an aromatic ring is 1. The number of amides is 1. The van der Waals surface area contributed by atoms with Crippen molar-refractivity contribution in [3.05, 3.63) is 59.7 Å². The summed E-state index contributed by atoms with van der Waals surface area (Å²) in [6.45, 7) is 0. The topological polar surface area (TPSA) is 70.1 Å². The van der Waals surface area contributed by atoms with E-state index in [1.54, 1.807) is 42.3 Å². The molecule has 0 aromatic heterocycles. The predicted octanol–water partition coefficient (Wildman–Crippen LogP) is 2.35. The van der Waals surface area contributed by atoms with E-state index in [-0.39, 0.29) is 12.3 Å². The Labute approximate surface area is 118 Å². The molecule has 0 unspecified atom stereocenters. The average molecular weight is 265 g/mol. The molecule has 2 aromatic rings. The summed E-state index contributed by atoms with van der Waals surface area (Å²) >= 11 is 0. The molecule has 0 spiro atoms. The number of anilines is 2. The highest BCUT2D eigenvalue weighted by Crippen LogP contribution is 2.17. The summed E-state index contributed by atoms with van der Waals surface area (Å²) in [7, 11) is 1.71. The van der Waals surface area contributed by atoms with Gasteiger partial charge in [-0.15, -0.1) is 0 Å². The van der Waals surface area contributed by atoms with Gasteiger partial charge in [0.15, 0.2) is 0 Å². The van der Waals surface area contributed by atoms with Crippen molar-refractivity contribution in [1.82, 2.24) is 0 Å². The predicted molar refractivity (Wildman–Crippen MR) is 79.1 cm³/mol. The molecule has 0 heterocycles. The van der Waals surface area contributed by atoms with Gasteiger partial charge in [0.2, 0.25) is 5.91 Å². The number of rotatable bonds is 3. The van der Waals surface area contributed by atoms with E-state index in [4.69, 9.17) is 11.0 Å². The molecule has 0 aliphatic rings. The summed E-state index contributed by atoms with van der Waals surface area (Å²) in [5, 5.41) is 8.76. The summed E-state index contributed by atoms with van der Waals surface area (Å²) in [6.07, 6.45) is 0.253. The van der Waals surface area contributed by atoms with Crippen LogP contribution in [0.3, 0.4) is 0 Å². The van der Waals surface area contributed by atoms with Crippen molar-refractivity contribution in [3.63, 3.8) is 0 Å². The molecule has 4 nitrogen and oxygen atoms in total. The number of carbonyl (C=O) groups is 1. The van der Waals surface area contributed by atoms with Crippen LogP contribution in [-0.2, 0) is 11.2 Å². The van der Waals surface area contributed by atoms with Crippen LogP contribution in [0.1, 0.15) is 11.1 Å². The Kier molecular flexibility index (Phi) is 4.02. The Morgan fingerprint density at radius 1 is 1.20 bits per heavy atom. The van der Waals surface area contributed by atoms with Crippen LogP contribution in [0.5, 0.6) is 0 Å². The zero-order valence-corrected chi connectivity index (χ0v) is 11.2. The number of nitrogens with two attached hydrogens (primary N) is 1. The fourth-order valence-corrected chi connectivity index (χ4v) is 1.88. The molecule has 0 radical (unpaired) electrons. The lowest BCUT2D eigenvalue weighted by molar-refractivity contribution is -0.117. The van der Waals surface area contributed by atoms with Crippen molar-refractivity contribution >= 4 is 17.3 Å². The second kappa shape index (κ2) is 5.89. The van der Waals surface area contributed by atoms with Crippen LogP contribution in [-0.4, -0.2) is 13.0 Å². The van der Waals surface area contributed by atoms with Crippen LogP contribution >= 0.6 is 0 Å². The highest BCUT2D eigenvalue weighted by Gasteiger charge is 2.12. The monoisotopic (exact) mass is 265 g/mol.